The second kappa shape index (κ2) is 5.98. The molecule has 0 amide bonds. The first-order valence-corrected chi connectivity index (χ1v) is 7.93. The minimum atomic E-state index is -0.463. The van der Waals surface area contributed by atoms with E-state index in [1.165, 1.54) is 21.9 Å². The van der Waals surface area contributed by atoms with Crippen LogP contribution in [-0.2, 0) is 11.3 Å². The van der Waals surface area contributed by atoms with Gasteiger partial charge < -0.3 is 4.74 Å². The summed E-state index contributed by atoms with van der Waals surface area (Å²) in [7, 11) is 0. The molecule has 6 nitrogen and oxygen atoms in total. The third kappa shape index (κ3) is 3.07. The van der Waals surface area contributed by atoms with E-state index in [0.29, 0.717) is 16.2 Å². The maximum atomic E-state index is 11.9. The Morgan fingerprint density at radius 1 is 1.36 bits per heavy atom. The summed E-state index contributed by atoms with van der Waals surface area (Å²) in [5.74, 6) is -0.463. The van der Waals surface area contributed by atoms with Gasteiger partial charge in [0.1, 0.15) is 11.6 Å². The normalized spacial score (nSPS) is 10.8. The standard InChI is InChI=1S/C14H10BrN3O3S/c1-8-17-18-12(19)6-11(16-14(18)22-8)7-21-13(20)9-2-4-10(15)5-3-9/h2-6H,7H2,1H3. The highest BCUT2D eigenvalue weighted by atomic mass is 79.9. The molecule has 22 heavy (non-hydrogen) atoms. The number of nitrogens with zero attached hydrogens (tertiary/aromatic N) is 3. The van der Waals surface area contributed by atoms with Crippen LogP contribution < -0.4 is 5.56 Å². The van der Waals surface area contributed by atoms with Crippen molar-refractivity contribution in [1.82, 2.24) is 14.6 Å². The molecule has 0 saturated carbocycles. The van der Waals surface area contributed by atoms with Crippen LogP contribution in [-0.4, -0.2) is 20.6 Å². The Labute approximate surface area is 137 Å². The molecule has 0 fully saturated rings. The van der Waals surface area contributed by atoms with Crippen molar-refractivity contribution >= 4 is 38.2 Å². The smallest absolute Gasteiger partial charge is 0.338 e. The number of ether oxygens (including phenoxy) is 1. The third-order valence-corrected chi connectivity index (χ3v) is 4.18. The van der Waals surface area contributed by atoms with E-state index in [4.69, 9.17) is 4.74 Å². The largest absolute Gasteiger partial charge is 0.456 e. The van der Waals surface area contributed by atoms with Crippen molar-refractivity contribution in [1.29, 1.82) is 0 Å². The first-order valence-electron chi connectivity index (χ1n) is 6.32. The number of hydrogen-bond donors (Lipinski definition) is 0. The number of fused-ring (bicyclic) bond motifs is 1. The lowest BCUT2D eigenvalue weighted by atomic mass is 10.2. The molecule has 0 spiro atoms. The fourth-order valence-electron chi connectivity index (χ4n) is 1.83. The molecular formula is C14H10BrN3O3S. The molecule has 8 heteroatoms. The summed E-state index contributed by atoms with van der Waals surface area (Å²) >= 11 is 4.61. The van der Waals surface area contributed by atoms with Crippen LogP contribution in [0.5, 0.6) is 0 Å². The molecular weight excluding hydrogens is 370 g/mol. The zero-order valence-corrected chi connectivity index (χ0v) is 13.8. The van der Waals surface area contributed by atoms with Gasteiger partial charge in [0.15, 0.2) is 0 Å². The van der Waals surface area contributed by atoms with Gasteiger partial charge in [-0.25, -0.2) is 9.78 Å². The van der Waals surface area contributed by atoms with Gasteiger partial charge in [0.25, 0.3) is 5.56 Å². The Hall–Kier alpha value is -2.06. The third-order valence-electron chi connectivity index (χ3n) is 2.83. The van der Waals surface area contributed by atoms with Crippen LogP contribution in [0.15, 0.2) is 39.6 Å². The van der Waals surface area contributed by atoms with Gasteiger partial charge in [-0.05, 0) is 31.2 Å². The monoisotopic (exact) mass is 379 g/mol. The molecule has 0 N–H and O–H groups in total. The molecule has 0 atom stereocenters. The zero-order valence-electron chi connectivity index (χ0n) is 11.4. The van der Waals surface area contributed by atoms with Crippen molar-refractivity contribution in [3.05, 3.63) is 61.4 Å². The Morgan fingerprint density at radius 3 is 2.82 bits per heavy atom. The molecule has 0 aliphatic rings. The number of halogens is 1. The van der Waals surface area contributed by atoms with E-state index in [2.05, 4.69) is 26.0 Å². The molecule has 3 rings (SSSR count). The Kier molecular flexibility index (Phi) is 4.04. The van der Waals surface area contributed by atoms with Crippen molar-refractivity contribution < 1.29 is 9.53 Å². The number of esters is 1. The number of carbonyl (C=O) groups excluding carboxylic acids is 1. The van der Waals surface area contributed by atoms with Crippen molar-refractivity contribution in [2.45, 2.75) is 13.5 Å². The minimum Gasteiger partial charge on any atom is -0.456 e. The summed E-state index contributed by atoms with van der Waals surface area (Å²) in [5, 5.41) is 4.80. The van der Waals surface area contributed by atoms with E-state index in [1.807, 2.05) is 0 Å². The van der Waals surface area contributed by atoms with Crippen molar-refractivity contribution in [2.24, 2.45) is 0 Å². The lowest BCUT2D eigenvalue weighted by Crippen LogP contribution is -2.16. The molecule has 0 aliphatic heterocycles. The van der Waals surface area contributed by atoms with Gasteiger partial charge in [-0.1, -0.05) is 27.3 Å². The predicted molar refractivity (Wildman–Crippen MR) is 85.1 cm³/mol. The summed E-state index contributed by atoms with van der Waals surface area (Å²) in [6.07, 6.45) is 0. The summed E-state index contributed by atoms with van der Waals surface area (Å²) < 4.78 is 7.30. The summed E-state index contributed by atoms with van der Waals surface area (Å²) in [4.78, 5) is 28.6. The van der Waals surface area contributed by atoms with Crippen LogP contribution in [0.3, 0.4) is 0 Å². The highest BCUT2D eigenvalue weighted by molar-refractivity contribution is 9.10. The van der Waals surface area contributed by atoms with E-state index in [1.54, 1.807) is 31.2 Å². The van der Waals surface area contributed by atoms with Gasteiger partial charge in [-0.3, -0.25) is 4.79 Å². The van der Waals surface area contributed by atoms with Crippen LogP contribution >= 0.6 is 27.3 Å². The molecule has 3 aromatic rings. The minimum absolute atomic E-state index is 0.0580. The fourth-order valence-corrected chi connectivity index (χ4v) is 2.87. The lowest BCUT2D eigenvalue weighted by Gasteiger charge is -2.04. The molecule has 0 unspecified atom stereocenters. The van der Waals surface area contributed by atoms with Crippen LogP contribution in [0.1, 0.15) is 21.1 Å². The number of hydrogen-bond acceptors (Lipinski definition) is 6. The molecule has 2 heterocycles. The van der Waals surface area contributed by atoms with Crippen molar-refractivity contribution in [3.8, 4) is 0 Å². The average molecular weight is 380 g/mol. The van der Waals surface area contributed by atoms with E-state index in [-0.39, 0.29) is 12.2 Å². The molecule has 0 aliphatic carbocycles. The molecule has 0 saturated heterocycles. The van der Waals surface area contributed by atoms with E-state index in [9.17, 15) is 9.59 Å². The SMILES string of the molecule is Cc1nn2c(=O)cc(COC(=O)c3ccc(Br)cc3)nc2s1. The zero-order chi connectivity index (χ0) is 15.7. The van der Waals surface area contributed by atoms with Gasteiger partial charge in [-0.2, -0.15) is 9.61 Å². The Bertz CT molecular complexity index is 902. The summed E-state index contributed by atoms with van der Waals surface area (Å²) in [6, 6.07) is 8.15. The number of carbonyl (C=O) groups is 1. The van der Waals surface area contributed by atoms with Gasteiger partial charge in [0.2, 0.25) is 4.96 Å². The average Bonchev–Trinajstić information content (AvgIpc) is 2.86. The fraction of sp³-hybridized carbons (Fsp3) is 0.143. The first kappa shape index (κ1) is 14.9. The Morgan fingerprint density at radius 2 is 2.09 bits per heavy atom. The van der Waals surface area contributed by atoms with Crippen molar-refractivity contribution in [2.75, 3.05) is 0 Å². The van der Waals surface area contributed by atoms with Gasteiger partial charge in [0, 0.05) is 10.5 Å². The quantitative estimate of drug-likeness (QED) is 0.653. The lowest BCUT2D eigenvalue weighted by molar-refractivity contribution is 0.0467. The van der Waals surface area contributed by atoms with Gasteiger partial charge >= 0.3 is 5.97 Å². The summed E-state index contributed by atoms with van der Waals surface area (Å²) in [6.45, 7) is 1.74. The highest BCUT2D eigenvalue weighted by Gasteiger charge is 2.10. The number of benzene rings is 1. The predicted octanol–water partition coefficient (Wildman–Crippen LogP) is 2.58. The van der Waals surface area contributed by atoms with E-state index in [0.717, 1.165) is 9.48 Å². The number of rotatable bonds is 3. The molecule has 0 bridgehead atoms. The first-order chi connectivity index (χ1) is 10.5. The number of aryl methyl sites for hydroxylation is 1. The maximum absolute atomic E-state index is 11.9. The van der Waals surface area contributed by atoms with Gasteiger partial charge in [-0.15, -0.1) is 0 Å². The van der Waals surface area contributed by atoms with Crippen LogP contribution in [0, 0.1) is 6.92 Å². The number of aromatic nitrogens is 3. The second-order valence-electron chi connectivity index (χ2n) is 4.48. The van der Waals surface area contributed by atoms with E-state index >= 15 is 0 Å². The topological polar surface area (TPSA) is 73.6 Å². The maximum Gasteiger partial charge on any atom is 0.338 e. The molecule has 2 aromatic heterocycles. The second-order valence-corrected chi connectivity index (χ2v) is 6.56. The van der Waals surface area contributed by atoms with Crippen molar-refractivity contribution in [3.63, 3.8) is 0 Å². The van der Waals surface area contributed by atoms with Crippen LogP contribution in [0.25, 0.3) is 4.96 Å². The molecule has 0 radical (unpaired) electrons. The van der Waals surface area contributed by atoms with Crippen LogP contribution in [0.2, 0.25) is 0 Å². The summed E-state index contributed by atoms with van der Waals surface area (Å²) in [5.41, 5.74) is 0.554. The Balaban J connectivity index is 1.77. The molecule has 1 aromatic carbocycles. The van der Waals surface area contributed by atoms with Crippen LogP contribution in [0.4, 0.5) is 0 Å². The highest BCUT2D eigenvalue weighted by Crippen LogP contribution is 2.13. The van der Waals surface area contributed by atoms with E-state index < -0.39 is 5.97 Å². The van der Waals surface area contributed by atoms with Gasteiger partial charge in [0.05, 0.1) is 11.3 Å². The molecule has 112 valence electrons.